The molecule has 1 aliphatic heterocycles. The van der Waals surface area contributed by atoms with Crippen molar-refractivity contribution in [3.8, 4) is 0 Å². The van der Waals surface area contributed by atoms with Crippen LogP contribution in [0, 0.1) is 13.8 Å². The van der Waals surface area contributed by atoms with E-state index in [-0.39, 0.29) is 29.2 Å². The van der Waals surface area contributed by atoms with Crippen molar-refractivity contribution in [1.82, 2.24) is 14.8 Å². The van der Waals surface area contributed by atoms with E-state index in [0.29, 0.717) is 25.2 Å². The Labute approximate surface area is 148 Å². The summed E-state index contributed by atoms with van der Waals surface area (Å²) in [6, 6.07) is 1.59. The number of hydrogen-bond donors (Lipinski definition) is 1. The molecule has 1 aromatic rings. The molecule has 7 nitrogen and oxygen atoms in total. The Kier molecular flexibility index (Phi) is 5.25. The Hall–Kier alpha value is -2.31. The molecule has 0 saturated carbocycles. The number of nitrogens with one attached hydrogen (secondary N) is 1. The van der Waals surface area contributed by atoms with Gasteiger partial charge in [0.25, 0.3) is 11.5 Å². The zero-order valence-electron chi connectivity index (χ0n) is 15.8. The molecular weight excluding hydrogens is 322 g/mol. The summed E-state index contributed by atoms with van der Waals surface area (Å²) in [7, 11) is 0. The zero-order valence-corrected chi connectivity index (χ0v) is 15.8. The minimum atomic E-state index is -0.556. The van der Waals surface area contributed by atoms with Crippen LogP contribution in [0.15, 0.2) is 10.9 Å². The maximum absolute atomic E-state index is 12.8. The van der Waals surface area contributed by atoms with E-state index in [9.17, 15) is 14.4 Å². The van der Waals surface area contributed by atoms with E-state index in [1.54, 1.807) is 29.7 Å². The fraction of sp³-hybridized carbons (Fsp3) is 0.611. The van der Waals surface area contributed by atoms with Gasteiger partial charge in [-0.25, -0.2) is 4.79 Å². The number of carbonyl (C=O) groups is 2. The van der Waals surface area contributed by atoms with Gasteiger partial charge in [-0.1, -0.05) is 0 Å². The van der Waals surface area contributed by atoms with E-state index in [1.807, 2.05) is 27.7 Å². The molecule has 2 heterocycles. The van der Waals surface area contributed by atoms with Gasteiger partial charge in [-0.15, -0.1) is 0 Å². The van der Waals surface area contributed by atoms with Crippen LogP contribution in [-0.4, -0.2) is 58.1 Å². The van der Waals surface area contributed by atoms with Gasteiger partial charge in [0.15, 0.2) is 0 Å². The van der Waals surface area contributed by atoms with Crippen LogP contribution in [0.5, 0.6) is 0 Å². The third-order valence-electron chi connectivity index (χ3n) is 4.12. The lowest BCUT2D eigenvalue weighted by atomic mass is 10.1. The van der Waals surface area contributed by atoms with Crippen molar-refractivity contribution < 1.29 is 14.3 Å². The van der Waals surface area contributed by atoms with Crippen LogP contribution >= 0.6 is 0 Å². The van der Waals surface area contributed by atoms with Crippen LogP contribution in [0.25, 0.3) is 0 Å². The lowest BCUT2D eigenvalue weighted by Gasteiger charge is -2.40. The second kappa shape index (κ2) is 6.90. The fourth-order valence-corrected chi connectivity index (χ4v) is 3.01. The predicted octanol–water partition coefficient (Wildman–Crippen LogP) is 2.07. The second-order valence-corrected chi connectivity index (χ2v) is 7.61. The maximum Gasteiger partial charge on any atom is 0.410 e. The zero-order chi connectivity index (χ0) is 18.9. The average molecular weight is 349 g/mol. The van der Waals surface area contributed by atoms with Gasteiger partial charge >= 0.3 is 6.09 Å². The highest BCUT2D eigenvalue weighted by atomic mass is 16.6. The van der Waals surface area contributed by atoms with Crippen LogP contribution in [0.3, 0.4) is 0 Å². The fourth-order valence-electron chi connectivity index (χ4n) is 3.01. The van der Waals surface area contributed by atoms with Gasteiger partial charge in [0.1, 0.15) is 11.2 Å². The van der Waals surface area contributed by atoms with Gasteiger partial charge in [0, 0.05) is 31.4 Å². The van der Waals surface area contributed by atoms with Gasteiger partial charge in [0.05, 0.1) is 0 Å². The van der Waals surface area contributed by atoms with Gasteiger partial charge in [-0.2, -0.15) is 0 Å². The maximum atomic E-state index is 12.8. The Morgan fingerprint density at radius 3 is 2.40 bits per heavy atom. The number of hydrogen-bond acceptors (Lipinski definition) is 4. The number of pyridine rings is 1. The van der Waals surface area contributed by atoms with E-state index in [4.69, 9.17) is 4.74 Å². The van der Waals surface area contributed by atoms with Crippen molar-refractivity contribution >= 4 is 12.0 Å². The van der Waals surface area contributed by atoms with Gasteiger partial charge < -0.3 is 19.5 Å². The molecule has 0 aliphatic carbocycles. The molecule has 1 fully saturated rings. The van der Waals surface area contributed by atoms with E-state index in [0.717, 1.165) is 5.69 Å². The van der Waals surface area contributed by atoms with Crippen LogP contribution < -0.4 is 5.56 Å². The van der Waals surface area contributed by atoms with E-state index < -0.39 is 5.60 Å². The SMILES string of the molecule is Cc1cc(C)c(C(=O)N2CCN(C(=O)OC(C)(C)C)CC2C)c(=O)[nH]1. The van der Waals surface area contributed by atoms with Crippen LogP contribution in [0.1, 0.15) is 49.3 Å². The molecule has 138 valence electrons. The first-order valence-corrected chi connectivity index (χ1v) is 8.49. The Balaban J connectivity index is 2.13. The third kappa shape index (κ3) is 4.41. The molecule has 2 rings (SSSR count). The first kappa shape index (κ1) is 19.0. The molecule has 1 atom stereocenters. The topological polar surface area (TPSA) is 82.7 Å². The molecule has 0 radical (unpaired) electrons. The van der Waals surface area contributed by atoms with Crippen molar-refractivity contribution in [2.75, 3.05) is 19.6 Å². The van der Waals surface area contributed by atoms with Crippen LogP contribution in [0.4, 0.5) is 4.79 Å². The standard InChI is InChI=1S/C18H27N3O4/c1-11-9-12(2)19-15(22)14(11)16(23)21-8-7-20(10-13(21)3)17(24)25-18(4,5)6/h9,13H,7-8,10H2,1-6H3,(H,19,22). The number of ether oxygens (including phenoxy) is 1. The van der Waals surface area contributed by atoms with Crippen LogP contribution in [-0.2, 0) is 4.74 Å². The monoisotopic (exact) mass is 349 g/mol. The molecule has 1 aliphatic rings. The number of aromatic amines is 1. The van der Waals surface area contributed by atoms with Gasteiger partial charge in [-0.05, 0) is 53.2 Å². The molecule has 0 spiro atoms. The number of aromatic nitrogens is 1. The van der Waals surface area contributed by atoms with E-state index in [2.05, 4.69) is 4.98 Å². The summed E-state index contributed by atoms with van der Waals surface area (Å²) < 4.78 is 5.39. The lowest BCUT2D eigenvalue weighted by molar-refractivity contribution is 0.00611. The molecule has 1 unspecified atom stereocenters. The first-order valence-electron chi connectivity index (χ1n) is 8.49. The van der Waals surface area contributed by atoms with Gasteiger partial charge in [0.2, 0.25) is 0 Å². The first-order chi connectivity index (χ1) is 11.5. The lowest BCUT2D eigenvalue weighted by Crippen LogP contribution is -2.56. The number of piperazine rings is 1. The minimum Gasteiger partial charge on any atom is -0.444 e. The van der Waals surface area contributed by atoms with Crippen molar-refractivity contribution in [1.29, 1.82) is 0 Å². The number of amides is 2. The van der Waals surface area contributed by atoms with Crippen molar-refractivity contribution in [3.63, 3.8) is 0 Å². The smallest absolute Gasteiger partial charge is 0.410 e. The molecule has 1 N–H and O–H groups in total. The van der Waals surface area contributed by atoms with Gasteiger partial charge in [-0.3, -0.25) is 9.59 Å². The summed E-state index contributed by atoms with van der Waals surface area (Å²) >= 11 is 0. The third-order valence-corrected chi connectivity index (χ3v) is 4.12. The Bertz CT molecular complexity index is 733. The quantitative estimate of drug-likeness (QED) is 0.841. The van der Waals surface area contributed by atoms with E-state index >= 15 is 0 Å². The highest BCUT2D eigenvalue weighted by Crippen LogP contribution is 2.17. The van der Waals surface area contributed by atoms with Crippen molar-refractivity contribution in [3.05, 3.63) is 33.2 Å². The molecule has 2 amide bonds. The molecule has 0 bridgehead atoms. The molecule has 0 aromatic carbocycles. The normalized spacial score (nSPS) is 18.2. The van der Waals surface area contributed by atoms with Crippen LogP contribution in [0.2, 0.25) is 0 Å². The Morgan fingerprint density at radius 1 is 1.24 bits per heavy atom. The molecule has 25 heavy (non-hydrogen) atoms. The Morgan fingerprint density at radius 2 is 1.88 bits per heavy atom. The number of nitrogens with zero attached hydrogens (tertiary/aromatic N) is 2. The molecule has 1 aromatic heterocycles. The highest BCUT2D eigenvalue weighted by Gasteiger charge is 2.33. The second-order valence-electron chi connectivity index (χ2n) is 7.61. The summed E-state index contributed by atoms with van der Waals surface area (Å²) in [4.78, 5) is 43.2. The summed E-state index contributed by atoms with van der Waals surface area (Å²) in [5.41, 5.74) is 0.627. The highest BCUT2D eigenvalue weighted by molar-refractivity contribution is 5.95. The number of aryl methyl sites for hydroxylation is 2. The summed E-state index contributed by atoms with van der Waals surface area (Å²) in [6.45, 7) is 12.0. The minimum absolute atomic E-state index is 0.170. The molecule has 7 heteroatoms. The molecule has 1 saturated heterocycles. The summed E-state index contributed by atoms with van der Waals surface area (Å²) in [5.74, 6) is -0.296. The van der Waals surface area contributed by atoms with Crippen molar-refractivity contribution in [2.45, 2.75) is 53.2 Å². The van der Waals surface area contributed by atoms with E-state index in [1.165, 1.54) is 0 Å². The summed E-state index contributed by atoms with van der Waals surface area (Å²) in [6.07, 6.45) is -0.379. The van der Waals surface area contributed by atoms with Crippen molar-refractivity contribution in [2.24, 2.45) is 0 Å². The predicted molar refractivity (Wildman–Crippen MR) is 94.8 cm³/mol. The summed E-state index contributed by atoms with van der Waals surface area (Å²) in [5, 5.41) is 0. The number of H-pyrrole nitrogens is 1. The molecular formula is C18H27N3O4. The average Bonchev–Trinajstić information content (AvgIpc) is 2.43. The number of rotatable bonds is 1. The largest absolute Gasteiger partial charge is 0.444 e. The number of carbonyl (C=O) groups excluding carboxylic acids is 2.